The summed E-state index contributed by atoms with van der Waals surface area (Å²) in [5, 5.41) is 8.89. The number of hydrogen-bond donors (Lipinski definition) is 0. The van der Waals surface area contributed by atoms with Gasteiger partial charge in [0.1, 0.15) is 5.65 Å². The second kappa shape index (κ2) is 7.72. The summed E-state index contributed by atoms with van der Waals surface area (Å²) in [5.41, 5.74) is 7.96. The number of para-hydroxylation sites is 4. The van der Waals surface area contributed by atoms with Crippen molar-refractivity contribution in [1.29, 1.82) is 0 Å². The lowest BCUT2D eigenvalue weighted by molar-refractivity contribution is 1.18. The van der Waals surface area contributed by atoms with E-state index < -0.39 is 0 Å². The minimum Gasteiger partial charge on any atom is -0.309 e. The van der Waals surface area contributed by atoms with Crippen molar-refractivity contribution in [3.8, 4) is 5.69 Å². The number of imidazole rings is 1. The Balaban J connectivity index is 1.56. The number of hydrogen-bond acceptors (Lipinski definition) is 2. The molecule has 0 unspecified atom stereocenters. The minimum absolute atomic E-state index is 1.02. The first-order valence-corrected chi connectivity index (χ1v) is 14.7. The summed E-state index contributed by atoms with van der Waals surface area (Å²) in [4.78, 5) is 5.29. The average molecular weight is 540 g/mol. The fraction of sp³-hybridized carbons (Fsp3) is 0. The first-order chi connectivity index (χ1) is 20.4. The van der Waals surface area contributed by atoms with Gasteiger partial charge in [-0.3, -0.25) is 4.40 Å². The molecule has 10 rings (SSSR count). The van der Waals surface area contributed by atoms with Gasteiger partial charge in [-0.1, -0.05) is 72.8 Å². The largest absolute Gasteiger partial charge is 0.309 e. The van der Waals surface area contributed by atoms with E-state index in [1.165, 1.54) is 69.3 Å². The molecule has 0 bridgehead atoms. The van der Waals surface area contributed by atoms with Crippen LogP contribution < -0.4 is 0 Å². The molecule has 4 heterocycles. The predicted octanol–water partition coefficient (Wildman–Crippen LogP) is 10.3. The van der Waals surface area contributed by atoms with Crippen LogP contribution in [0.2, 0.25) is 0 Å². The maximum absolute atomic E-state index is 5.29. The minimum atomic E-state index is 1.02. The maximum atomic E-state index is 5.29. The number of rotatable bonds is 1. The smallest absolute Gasteiger partial charge is 0.147 e. The van der Waals surface area contributed by atoms with Gasteiger partial charge in [-0.05, 0) is 60.0 Å². The van der Waals surface area contributed by atoms with Gasteiger partial charge in [0.25, 0.3) is 0 Å². The summed E-state index contributed by atoms with van der Waals surface area (Å²) in [6.07, 6.45) is 0. The van der Waals surface area contributed by atoms with E-state index in [1.807, 2.05) is 11.3 Å². The molecule has 0 aliphatic heterocycles. The van der Waals surface area contributed by atoms with Crippen molar-refractivity contribution in [1.82, 2.24) is 14.0 Å². The number of aromatic nitrogens is 3. The summed E-state index contributed by atoms with van der Waals surface area (Å²) in [5.74, 6) is 0. The Hall–Kier alpha value is -5.19. The van der Waals surface area contributed by atoms with Crippen LogP contribution >= 0.6 is 11.3 Å². The fourth-order valence-electron chi connectivity index (χ4n) is 7.06. The summed E-state index contributed by atoms with van der Waals surface area (Å²) in [6, 6.07) is 46.1. The molecule has 0 saturated carbocycles. The third-order valence-electron chi connectivity index (χ3n) is 8.67. The Bertz CT molecular complexity index is 2690. The van der Waals surface area contributed by atoms with Crippen LogP contribution in [0.3, 0.4) is 0 Å². The van der Waals surface area contributed by atoms with Crippen LogP contribution in [0.25, 0.3) is 86.0 Å². The molecule has 0 amide bonds. The molecule has 0 spiro atoms. The van der Waals surface area contributed by atoms with E-state index in [9.17, 15) is 0 Å². The summed E-state index contributed by atoms with van der Waals surface area (Å²) >= 11 is 1.86. The number of thiophene rings is 1. The van der Waals surface area contributed by atoms with Gasteiger partial charge in [0.2, 0.25) is 0 Å². The molecule has 6 aromatic carbocycles. The van der Waals surface area contributed by atoms with E-state index in [4.69, 9.17) is 4.98 Å². The van der Waals surface area contributed by atoms with E-state index in [-0.39, 0.29) is 0 Å². The van der Waals surface area contributed by atoms with E-state index in [0.29, 0.717) is 0 Å². The molecule has 4 heteroatoms. The van der Waals surface area contributed by atoms with E-state index in [1.54, 1.807) is 0 Å². The maximum Gasteiger partial charge on any atom is 0.147 e. The molecule has 0 aliphatic carbocycles. The van der Waals surface area contributed by atoms with E-state index in [0.717, 1.165) is 16.7 Å². The molecule has 0 N–H and O–H groups in total. The van der Waals surface area contributed by atoms with Crippen molar-refractivity contribution in [2.75, 3.05) is 0 Å². The van der Waals surface area contributed by atoms with Crippen molar-refractivity contribution < 1.29 is 0 Å². The Morgan fingerprint density at radius 2 is 1.15 bits per heavy atom. The Labute approximate surface area is 238 Å². The standard InChI is InChI=1S/C37H21N3S/c1-2-10-22(11-3-1)39-27-15-7-4-12-23(27)33-29(39)19-20-30-34(33)25-18-21-32-35(24-13-5-9-17-31(24)41-32)36(25)37-38-26-14-6-8-16-28(26)40(30)37/h1-21H. The highest BCUT2D eigenvalue weighted by Crippen LogP contribution is 2.46. The SMILES string of the molecule is c1ccc(-n2c3ccccc3c3c4c5ccc6sc7ccccc7c6c5c5nc6ccccc6n5c4ccc32)cc1. The second-order valence-corrected chi connectivity index (χ2v) is 11.8. The average Bonchev–Trinajstić information content (AvgIpc) is 3.71. The van der Waals surface area contributed by atoms with Crippen molar-refractivity contribution in [3.63, 3.8) is 0 Å². The van der Waals surface area contributed by atoms with Gasteiger partial charge in [-0.2, -0.15) is 0 Å². The van der Waals surface area contributed by atoms with Gasteiger partial charge in [-0.25, -0.2) is 4.98 Å². The van der Waals surface area contributed by atoms with Gasteiger partial charge >= 0.3 is 0 Å². The summed E-state index contributed by atoms with van der Waals surface area (Å²) < 4.78 is 7.41. The third-order valence-corrected chi connectivity index (χ3v) is 9.81. The molecule has 0 aliphatic rings. The molecule has 0 fully saturated rings. The molecular formula is C37H21N3S. The van der Waals surface area contributed by atoms with Crippen LogP contribution in [0.1, 0.15) is 0 Å². The summed E-state index contributed by atoms with van der Waals surface area (Å²) in [7, 11) is 0. The second-order valence-electron chi connectivity index (χ2n) is 10.8. The molecule has 10 aromatic rings. The fourth-order valence-corrected chi connectivity index (χ4v) is 8.17. The van der Waals surface area contributed by atoms with Crippen LogP contribution in [0.4, 0.5) is 0 Å². The molecular weight excluding hydrogens is 518 g/mol. The molecule has 0 atom stereocenters. The van der Waals surface area contributed by atoms with Gasteiger partial charge in [0.15, 0.2) is 0 Å². The van der Waals surface area contributed by atoms with Crippen molar-refractivity contribution >= 4 is 91.7 Å². The molecule has 190 valence electrons. The van der Waals surface area contributed by atoms with Gasteiger partial charge in [0, 0.05) is 47.4 Å². The zero-order valence-corrected chi connectivity index (χ0v) is 22.7. The summed E-state index contributed by atoms with van der Waals surface area (Å²) in [6.45, 7) is 0. The molecule has 4 aromatic heterocycles. The third kappa shape index (κ3) is 2.70. The monoisotopic (exact) mass is 539 g/mol. The first-order valence-electron chi connectivity index (χ1n) is 13.9. The topological polar surface area (TPSA) is 22.2 Å². The van der Waals surface area contributed by atoms with Crippen molar-refractivity contribution in [3.05, 3.63) is 127 Å². The number of pyridine rings is 1. The highest BCUT2D eigenvalue weighted by molar-refractivity contribution is 7.26. The number of nitrogens with zero attached hydrogens (tertiary/aromatic N) is 3. The highest BCUT2D eigenvalue weighted by Gasteiger charge is 2.22. The molecule has 0 saturated heterocycles. The van der Waals surface area contributed by atoms with Crippen LogP contribution in [-0.2, 0) is 0 Å². The van der Waals surface area contributed by atoms with Gasteiger partial charge in [-0.15, -0.1) is 11.3 Å². The normalized spacial score (nSPS) is 12.4. The molecule has 3 nitrogen and oxygen atoms in total. The molecule has 0 radical (unpaired) electrons. The lowest BCUT2D eigenvalue weighted by atomic mass is 9.98. The van der Waals surface area contributed by atoms with Crippen LogP contribution in [0, 0.1) is 0 Å². The first kappa shape index (κ1) is 21.6. The Morgan fingerprint density at radius 3 is 2.05 bits per heavy atom. The van der Waals surface area contributed by atoms with Gasteiger partial charge in [0.05, 0.1) is 27.6 Å². The predicted molar refractivity (Wildman–Crippen MR) is 175 cm³/mol. The molecule has 41 heavy (non-hydrogen) atoms. The number of benzene rings is 6. The zero-order valence-electron chi connectivity index (χ0n) is 21.9. The van der Waals surface area contributed by atoms with E-state index >= 15 is 0 Å². The Morgan fingerprint density at radius 1 is 0.439 bits per heavy atom. The zero-order chi connectivity index (χ0) is 26.7. The number of fused-ring (bicyclic) bond motifs is 16. The van der Waals surface area contributed by atoms with E-state index in [2.05, 4.69) is 136 Å². The highest BCUT2D eigenvalue weighted by atomic mass is 32.1. The lowest BCUT2D eigenvalue weighted by Crippen LogP contribution is -1.95. The van der Waals surface area contributed by atoms with Crippen molar-refractivity contribution in [2.24, 2.45) is 0 Å². The van der Waals surface area contributed by atoms with Crippen LogP contribution in [0.15, 0.2) is 127 Å². The van der Waals surface area contributed by atoms with Gasteiger partial charge < -0.3 is 4.57 Å². The van der Waals surface area contributed by atoms with Crippen molar-refractivity contribution in [2.45, 2.75) is 0 Å². The lowest BCUT2D eigenvalue weighted by Gasteiger charge is -2.13. The Kier molecular flexibility index (Phi) is 4.07. The van der Waals surface area contributed by atoms with Crippen LogP contribution in [-0.4, -0.2) is 14.0 Å². The van der Waals surface area contributed by atoms with Crippen LogP contribution in [0.5, 0.6) is 0 Å². The quantitative estimate of drug-likeness (QED) is 0.190.